The van der Waals surface area contributed by atoms with E-state index in [1.54, 1.807) is 0 Å². The predicted octanol–water partition coefficient (Wildman–Crippen LogP) is 0.283. The van der Waals surface area contributed by atoms with Gasteiger partial charge in [-0.2, -0.15) is 0 Å². The lowest BCUT2D eigenvalue weighted by Crippen LogP contribution is -2.64. The van der Waals surface area contributed by atoms with Crippen LogP contribution in [-0.4, -0.2) is 125 Å². The number of hydrogen-bond donors (Lipinski definition) is 10. The lowest BCUT2D eigenvalue weighted by atomic mass is 9.97. The maximum atomic E-state index is 13.9. The van der Waals surface area contributed by atoms with Gasteiger partial charge in [-0.1, -0.05) is 12.1 Å². The number of ether oxygens (including phenoxy) is 5. The van der Waals surface area contributed by atoms with Crippen LogP contribution in [0.25, 0.3) is 28.4 Å². The zero-order valence-electron chi connectivity index (χ0n) is 28.1. The molecular weight excluding hydrogens is 720 g/mol. The lowest BCUT2D eigenvalue weighted by molar-refractivity contribution is -0.355. The fraction of sp³-hybridized carbons (Fsp3) is 0.333. The molecule has 2 fully saturated rings. The minimum Gasteiger partial charge on any atom is -0.508 e. The molecule has 2 aliphatic rings. The minimum absolute atomic E-state index is 0.0198. The number of fused-ring (bicyclic) bond motifs is 1. The number of phenolic OH excluding ortho intramolecular Hbond substituents is 5. The third kappa shape index (κ3) is 7.77. The van der Waals surface area contributed by atoms with Gasteiger partial charge < -0.3 is 79.2 Å². The van der Waals surface area contributed by atoms with Crippen LogP contribution in [0.15, 0.2) is 69.9 Å². The van der Waals surface area contributed by atoms with Gasteiger partial charge in [0.15, 0.2) is 29.7 Å². The van der Waals surface area contributed by atoms with Crippen molar-refractivity contribution < 1.29 is 84.0 Å². The fourth-order valence-corrected chi connectivity index (χ4v) is 5.87. The maximum absolute atomic E-state index is 13.9. The van der Waals surface area contributed by atoms with Crippen molar-refractivity contribution in [1.82, 2.24) is 0 Å². The van der Waals surface area contributed by atoms with Gasteiger partial charge in [-0.3, -0.25) is 4.79 Å². The normalized spacial score (nSPS) is 28.6. The van der Waals surface area contributed by atoms with Crippen molar-refractivity contribution in [3.63, 3.8) is 0 Å². The van der Waals surface area contributed by atoms with Gasteiger partial charge in [0, 0.05) is 23.8 Å². The van der Waals surface area contributed by atoms with E-state index in [0.717, 1.165) is 30.3 Å². The van der Waals surface area contributed by atoms with Crippen LogP contribution in [0.2, 0.25) is 0 Å². The van der Waals surface area contributed by atoms with E-state index in [4.69, 9.17) is 28.1 Å². The summed E-state index contributed by atoms with van der Waals surface area (Å²) in [5, 5.41) is 104. The quantitative estimate of drug-likeness (QED) is 0.0623. The van der Waals surface area contributed by atoms with E-state index < -0.39 is 119 Å². The number of aromatic hydroxyl groups is 5. The summed E-state index contributed by atoms with van der Waals surface area (Å²) >= 11 is 0. The zero-order valence-corrected chi connectivity index (χ0v) is 28.1. The van der Waals surface area contributed by atoms with Crippen molar-refractivity contribution in [3.05, 3.63) is 76.5 Å². The number of rotatable bonds is 9. The molecule has 6 rings (SSSR count). The second kappa shape index (κ2) is 15.5. The first-order chi connectivity index (χ1) is 25.6. The summed E-state index contributed by atoms with van der Waals surface area (Å²) < 4.78 is 34.2. The van der Waals surface area contributed by atoms with Crippen LogP contribution in [0, 0.1) is 0 Å². The van der Waals surface area contributed by atoms with Crippen LogP contribution in [0.5, 0.6) is 34.5 Å². The Labute approximate surface area is 304 Å². The molecule has 0 bridgehead atoms. The number of aliphatic hydroxyl groups excluding tert-OH is 5. The molecule has 10 atom stereocenters. The van der Waals surface area contributed by atoms with Gasteiger partial charge in [-0.05, 0) is 48.9 Å². The summed E-state index contributed by atoms with van der Waals surface area (Å²) in [5.41, 5.74) is -0.858. The van der Waals surface area contributed by atoms with E-state index >= 15 is 0 Å². The van der Waals surface area contributed by atoms with E-state index in [0.29, 0.717) is 5.56 Å². The Kier molecular flexibility index (Phi) is 11.0. The molecule has 10 N–H and O–H groups in total. The Morgan fingerprint density at radius 1 is 0.759 bits per heavy atom. The summed E-state index contributed by atoms with van der Waals surface area (Å²) in [7, 11) is 0. The molecule has 18 nitrogen and oxygen atoms in total. The van der Waals surface area contributed by atoms with Crippen molar-refractivity contribution in [1.29, 1.82) is 0 Å². The smallest absolute Gasteiger partial charge is 0.330 e. The van der Waals surface area contributed by atoms with Gasteiger partial charge >= 0.3 is 5.97 Å². The van der Waals surface area contributed by atoms with E-state index in [9.17, 15) is 60.7 Å². The molecule has 0 aliphatic carbocycles. The summed E-state index contributed by atoms with van der Waals surface area (Å²) in [4.78, 5) is 26.3. The second-order valence-corrected chi connectivity index (χ2v) is 12.6. The summed E-state index contributed by atoms with van der Waals surface area (Å²) in [6, 6.07) is 11.1. The first-order valence-corrected chi connectivity index (χ1v) is 16.3. The standard InChI is InChI=1S/C36H36O18/c1-14-26(43)30(47)34(54-35-31(48)29(46)27(44)23(52-35)13-49-24(42)9-4-15-2-6-17(37)7-3-15)36(50-14)53-33-28(45)25-21(41)11-18(38)12-22(25)51-32(33)16-5-8-19(39)20(40)10-16/h2-12,14,23,26-27,29-31,34-41,43-44,46-48H,13H2,1H3/t14-,23+,26-,27+,29-,30+,31+,34?,35-,36-/m0/s1. The average molecular weight is 757 g/mol. The largest absolute Gasteiger partial charge is 0.508 e. The van der Waals surface area contributed by atoms with Gasteiger partial charge in [0.2, 0.25) is 17.5 Å². The van der Waals surface area contributed by atoms with E-state index in [1.165, 1.54) is 43.3 Å². The molecule has 1 unspecified atom stereocenters. The Bertz CT molecular complexity index is 2080. The van der Waals surface area contributed by atoms with Crippen LogP contribution in [0.3, 0.4) is 0 Å². The van der Waals surface area contributed by atoms with E-state index in [1.807, 2.05) is 0 Å². The Morgan fingerprint density at radius 3 is 2.19 bits per heavy atom. The van der Waals surface area contributed by atoms with Gasteiger partial charge in [0.05, 0.1) is 6.10 Å². The number of carbonyl (C=O) groups is 1. The molecule has 4 aromatic rings. The van der Waals surface area contributed by atoms with Gasteiger partial charge in [-0.25, -0.2) is 4.79 Å². The van der Waals surface area contributed by atoms with E-state index in [2.05, 4.69) is 0 Å². The molecular formula is C36H36O18. The van der Waals surface area contributed by atoms with E-state index in [-0.39, 0.29) is 16.9 Å². The lowest BCUT2D eigenvalue weighted by Gasteiger charge is -2.45. The maximum Gasteiger partial charge on any atom is 0.330 e. The molecule has 2 saturated heterocycles. The molecule has 18 heteroatoms. The molecule has 2 aliphatic heterocycles. The molecule has 0 radical (unpaired) electrons. The Hall–Kier alpha value is -5.44. The highest BCUT2D eigenvalue weighted by Gasteiger charge is 2.51. The molecule has 0 saturated carbocycles. The van der Waals surface area contributed by atoms with Crippen molar-refractivity contribution in [3.8, 4) is 45.8 Å². The second-order valence-electron chi connectivity index (χ2n) is 12.6. The SMILES string of the molecule is C[C@@H]1O[C@@H](Oc2c(-c3ccc(O)c(O)c3)oc3cc(O)cc(O)c3c2=O)C(O[C@@H]2O[C@H](COC(=O)C=Cc3ccc(O)cc3)[C@@H](O)[C@H](O)[C@H]2O)[C@H](O)[C@H]1O. The van der Waals surface area contributed by atoms with Gasteiger partial charge in [0.25, 0.3) is 0 Å². The monoisotopic (exact) mass is 756 g/mol. The van der Waals surface area contributed by atoms with Crippen LogP contribution >= 0.6 is 0 Å². The van der Waals surface area contributed by atoms with Crippen LogP contribution in [-0.2, 0) is 23.7 Å². The van der Waals surface area contributed by atoms with Crippen molar-refractivity contribution in [2.24, 2.45) is 0 Å². The van der Waals surface area contributed by atoms with Crippen LogP contribution in [0.4, 0.5) is 0 Å². The highest BCUT2D eigenvalue weighted by Crippen LogP contribution is 2.40. The third-order valence-electron chi connectivity index (χ3n) is 8.83. The Morgan fingerprint density at radius 2 is 1.48 bits per heavy atom. The van der Waals surface area contributed by atoms with Crippen LogP contribution in [0.1, 0.15) is 12.5 Å². The third-order valence-corrected chi connectivity index (χ3v) is 8.83. The highest BCUT2D eigenvalue weighted by molar-refractivity contribution is 5.88. The number of phenols is 5. The first kappa shape index (κ1) is 38.3. The van der Waals surface area contributed by atoms with Crippen molar-refractivity contribution >= 4 is 23.0 Å². The van der Waals surface area contributed by atoms with Crippen LogP contribution < -0.4 is 10.2 Å². The number of hydrogen-bond acceptors (Lipinski definition) is 18. The summed E-state index contributed by atoms with van der Waals surface area (Å²) in [6.45, 7) is 0.691. The number of aliphatic hydroxyl groups is 5. The number of esters is 1. The number of carbonyl (C=O) groups excluding carboxylic acids is 1. The molecule has 1 aromatic heterocycles. The van der Waals surface area contributed by atoms with Gasteiger partial charge in [-0.15, -0.1) is 0 Å². The molecule has 0 spiro atoms. The molecule has 3 aromatic carbocycles. The minimum atomic E-state index is -2.00. The average Bonchev–Trinajstić information content (AvgIpc) is 3.13. The van der Waals surface area contributed by atoms with Gasteiger partial charge in [0.1, 0.15) is 71.4 Å². The summed E-state index contributed by atoms with van der Waals surface area (Å²) in [5.74, 6) is -4.31. The fourth-order valence-electron chi connectivity index (χ4n) is 5.87. The Balaban J connectivity index is 1.28. The predicted molar refractivity (Wildman–Crippen MR) is 181 cm³/mol. The van der Waals surface area contributed by atoms with Crippen molar-refractivity contribution in [2.75, 3.05) is 6.61 Å². The first-order valence-electron chi connectivity index (χ1n) is 16.3. The molecule has 54 heavy (non-hydrogen) atoms. The zero-order chi connectivity index (χ0) is 39.0. The molecule has 288 valence electrons. The highest BCUT2D eigenvalue weighted by atomic mass is 16.8. The van der Waals surface area contributed by atoms with Crippen molar-refractivity contribution in [2.45, 2.75) is 68.3 Å². The molecule has 0 amide bonds. The topological polar surface area (TPSA) is 296 Å². The summed E-state index contributed by atoms with van der Waals surface area (Å²) in [6.07, 6.45) is -15.2. The molecule has 3 heterocycles. The number of benzene rings is 3.